The lowest BCUT2D eigenvalue weighted by Gasteiger charge is -2.39. The first-order valence-electron chi connectivity index (χ1n) is 7.27. The Bertz CT molecular complexity index is 295. The van der Waals surface area contributed by atoms with Gasteiger partial charge in [-0.25, -0.2) is 4.79 Å². The van der Waals surface area contributed by atoms with Crippen molar-refractivity contribution in [1.29, 1.82) is 0 Å². The molecule has 18 heavy (non-hydrogen) atoms. The van der Waals surface area contributed by atoms with E-state index in [9.17, 15) is 4.79 Å². The molecule has 0 radical (unpaired) electrons. The number of hydrogen-bond acceptors (Lipinski definition) is 2. The second-order valence-electron chi connectivity index (χ2n) is 6.72. The van der Waals surface area contributed by atoms with Gasteiger partial charge in [0, 0.05) is 25.2 Å². The van der Waals surface area contributed by atoms with Crippen LogP contribution in [0.15, 0.2) is 0 Å². The van der Waals surface area contributed by atoms with Gasteiger partial charge in [-0.15, -0.1) is 0 Å². The number of rotatable bonds is 2. The summed E-state index contributed by atoms with van der Waals surface area (Å²) in [7, 11) is 0. The highest BCUT2D eigenvalue weighted by Gasteiger charge is 2.30. The Kier molecular flexibility index (Phi) is 4.15. The molecular weight excluding hydrogens is 226 g/mol. The number of primary amides is 1. The number of nitrogens with zero attached hydrogens (tertiary/aromatic N) is 1. The van der Waals surface area contributed by atoms with E-state index in [2.05, 4.69) is 19.2 Å². The Morgan fingerprint density at radius 3 is 2.44 bits per heavy atom. The van der Waals surface area contributed by atoms with Gasteiger partial charge in [0.2, 0.25) is 0 Å². The Balaban J connectivity index is 1.76. The van der Waals surface area contributed by atoms with Crippen LogP contribution in [0.4, 0.5) is 4.79 Å². The van der Waals surface area contributed by atoms with Crippen LogP contribution in [0, 0.1) is 5.41 Å². The van der Waals surface area contributed by atoms with Gasteiger partial charge in [0.1, 0.15) is 0 Å². The second kappa shape index (κ2) is 5.47. The van der Waals surface area contributed by atoms with Crippen LogP contribution in [0.3, 0.4) is 0 Å². The normalized spacial score (nSPS) is 29.2. The maximum Gasteiger partial charge on any atom is 0.314 e. The lowest BCUT2D eigenvalue weighted by molar-refractivity contribution is 0.158. The van der Waals surface area contributed by atoms with Gasteiger partial charge in [-0.1, -0.05) is 20.3 Å². The smallest absolute Gasteiger partial charge is 0.314 e. The number of urea groups is 1. The fourth-order valence-electron chi connectivity index (χ4n) is 3.44. The summed E-state index contributed by atoms with van der Waals surface area (Å²) in [5.41, 5.74) is 5.79. The summed E-state index contributed by atoms with van der Waals surface area (Å²) in [5, 5.41) is 3.79. The number of likely N-dealkylation sites (tertiary alicyclic amines) is 1. The number of carbonyl (C=O) groups is 1. The van der Waals surface area contributed by atoms with Gasteiger partial charge >= 0.3 is 6.03 Å². The fourth-order valence-corrected chi connectivity index (χ4v) is 3.44. The lowest BCUT2D eigenvalue weighted by atomic mass is 9.75. The molecule has 0 bridgehead atoms. The van der Waals surface area contributed by atoms with E-state index in [1.807, 2.05) is 0 Å². The topological polar surface area (TPSA) is 58.4 Å². The van der Waals surface area contributed by atoms with Crippen molar-refractivity contribution in [2.45, 2.75) is 64.5 Å². The minimum atomic E-state index is -0.271. The van der Waals surface area contributed by atoms with Gasteiger partial charge in [0.05, 0.1) is 0 Å². The Labute approximate surface area is 110 Å². The van der Waals surface area contributed by atoms with Crippen molar-refractivity contribution < 1.29 is 4.79 Å². The number of hydrogen-bond donors (Lipinski definition) is 2. The zero-order valence-corrected chi connectivity index (χ0v) is 11.7. The van der Waals surface area contributed by atoms with Crippen molar-refractivity contribution >= 4 is 6.03 Å². The summed E-state index contributed by atoms with van der Waals surface area (Å²) < 4.78 is 0. The third-order valence-electron chi connectivity index (χ3n) is 4.48. The molecule has 1 saturated heterocycles. The number of amides is 2. The fraction of sp³-hybridized carbons (Fsp3) is 0.929. The first-order valence-corrected chi connectivity index (χ1v) is 7.27. The van der Waals surface area contributed by atoms with Crippen molar-refractivity contribution in [2.24, 2.45) is 11.1 Å². The standard InChI is InChI=1S/C14H27N3O/c1-14(2)7-3-4-12(10-14)16-11-5-8-17(9-6-11)13(15)18/h11-12,16H,3-10H2,1-2H3,(H2,15,18). The highest BCUT2D eigenvalue weighted by atomic mass is 16.2. The van der Waals surface area contributed by atoms with Crippen LogP contribution in [-0.2, 0) is 0 Å². The van der Waals surface area contributed by atoms with E-state index in [0.29, 0.717) is 17.5 Å². The maximum atomic E-state index is 11.1. The third kappa shape index (κ3) is 3.61. The largest absolute Gasteiger partial charge is 0.351 e. The van der Waals surface area contributed by atoms with E-state index in [0.717, 1.165) is 25.9 Å². The molecule has 2 rings (SSSR count). The summed E-state index contributed by atoms with van der Waals surface area (Å²) in [6, 6.07) is 0.964. The summed E-state index contributed by atoms with van der Waals surface area (Å²) in [6.07, 6.45) is 7.36. The van der Waals surface area contributed by atoms with Crippen LogP contribution in [-0.4, -0.2) is 36.1 Å². The maximum absolute atomic E-state index is 11.1. The van der Waals surface area contributed by atoms with Crippen molar-refractivity contribution in [3.63, 3.8) is 0 Å². The molecule has 0 aromatic heterocycles. The first-order chi connectivity index (χ1) is 8.46. The summed E-state index contributed by atoms with van der Waals surface area (Å²) in [6.45, 7) is 6.36. The summed E-state index contributed by atoms with van der Waals surface area (Å²) in [5.74, 6) is 0. The molecular formula is C14H27N3O. The highest BCUT2D eigenvalue weighted by Crippen LogP contribution is 2.35. The third-order valence-corrected chi connectivity index (χ3v) is 4.48. The number of nitrogens with one attached hydrogen (secondary N) is 1. The molecule has 2 amide bonds. The van der Waals surface area contributed by atoms with Crippen LogP contribution in [0.2, 0.25) is 0 Å². The minimum absolute atomic E-state index is 0.271. The molecule has 1 unspecified atom stereocenters. The Hall–Kier alpha value is -0.770. The van der Waals surface area contributed by atoms with Crippen LogP contribution in [0.1, 0.15) is 52.4 Å². The molecule has 2 fully saturated rings. The quantitative estimate of drug-likeness (QED) is 0.791. The molecule has 4 heteroatoms. The average molecular weight is 253 g/mol. The van der Waals surface area contributed by atoms with Crippen molar-refractivity contribution in [1.82, 2.24) is 10.2 Å². The molecule has 3 N–H and O–H groups in total. The number of nitrogens with two attached hydrogens (primary N) is 1. The van der Waals surface area contributed by atoms with E-state index in [-0.39, 0.29) is 6.03 Å². The van der Waals surface area contributed by atoms with Crippen LogP contribution < -0.4 is 11.1 Å². The van der Waals surface area contributed by atoms with Crippen molar-refractivity contribution in [3.8, 4) is 0 Å². The van der Waals surface area contributed by atoms with E-state index in [4.69, 9.17) is 5.73 Å². The predicted octanol–water partition coefficient (Wildman–Crippen LogP) is 2.09. The predicted molar refractivity (Wildman–Crippen MR) is 73.4 cm³/mol. The molecule has 0 aromatic rings. The zero-order valence-electron chi connectivity index (χ0n) is 11.7. The minimum Gasteiger partial charge on any atom is -0.351 e. The van der Waals surface area contributed by atoms with Crippen LogP contribution in [0.5, 0.6) is 0 Å². The molecule has 1 heterocycles. The molecule has 1 aliphatic heterocycles. The Morgan fingerprint density at radius 1 is 1.22 bits per heavy atom. The van der Waals surface area contributed by atoms with Gasteiger partial charge in [-0.3, -0.25) is 0 Å². The summed E-state index contributed by atoms with van der Waals surface area (Å²) in [4.78, 5) is 12.8. The molecule has 1 saturated carbocycles. The molecule has 1 aliphatic carbocycles. The molecule has 104 valence electrons. The van der Waals surface area contributed by atoms with Crippen LogP contribution in [0.25, 0.3) is 0 Å². The van der Waals surface area contributed by atoms with Gasteiger partial charge in [0.15, 0.2) is 0 Å². The SMILES string of the molecule is CC1(C)CCCC(NC2CCN(C(N)=O)CC2)C1. The molecule has 2 aliphatic rings. The monoisotopic (exact) mass is 253 g/mol. The van der Waals surface area contributed by atoms with Crippen molar-refractivity contribution in [3.05, 3.63) is 0 Å². The van der Waals surface area contributed by atoms with E-state index in [1.54, 1.807) is 4.90 Å². The van der Waals surface area contributed by atoms with E-state index >= 15 is 0 Å². The molecule has 0 spiro atoms. The second-order valence-corrected chi connectivity index (χ2v) is 6.72. The average Bonchev–Trinajstić information content (AvgIpc) is 2.28. The molecule has 4 nitrogen and oxygen atoms in total. The van der Waals surface area contributed by atoms with Gasteiger partial charge < -0.3 is 16.0 Å². The number of piperidine rings is 1. The summed E-state index contributed by atoms with van der Waals surface area (Å²) >= 11 is 0. The Morgan fingerprint density at radius 2 is 1.89 bits per heavy atom. The molecule has 1 atom stereocenters. The van der Waals surface area contributed by atoms with Gasteiger partial charge in [0.25, 0.3) is 0 Å². The van der Waals surface area contributed by atoms with Crippen molar-refractivity contribution in [2.75, 3.05) is 13.1 Å². The van der Waals surface area contributed by atoms with E-state index in [1.165, 1.54) is 25.7 Å². The molecule has 0 aromatic carbocycles. The van der Waals surface area contributed by atoms with Gasteiger partial charge in [-0.2, -0.15) is 0 Å². The lowest BCUT2D eigenvalue weighted by Crippen LogP contribution is -2.50. The van der Waals surface area contributed by atoms with Gasteiger partial charge in [-0.05, 0) is 37.5 Å². The first kappa shape index (κ1) is 13.7. The highest BCUT2D eigenvalue weighted by molar-refractivity contribution is 5.72. The van der Waals surface area contributed by atoms with E-state index < -0.39 is 0 Å². The number of carbonyl (C=O) groups excluding carboxylic acids is 1. The van der Waals surface area contributed by atoms with Crippen LogP contribution >= 0.6 is 0 Å². The zero-order chi connectivity index (χ0) is 13.2.